The molecule has 2 aliphatic heterocycles. The topological polar surface area (TPSA) is 14.2 Å². The Bertz CT molecular complexity index is 2690. The Hall–Kier alpha value is -5.86. The second kappa shape index (κ2) is 8.93. The van der Waals surface area contributed by atoms with Crippen LogP contribution in [0, 0.1) is 0 Å². The standard InChI is InChI=1S/C46H31NO/c1-45(2)33-19-5-3-15-32(33)42-29(16-11-22-36(42)45)31-18-13-24-38-44(31)48-41-27-10-7-21-35(41)46(38)34-20-6-9-26-40(34)47-39-25-8-4-14-28(39)30-17-12-23-37(46)43(30)47/h3-27H,1-2H3. The van der Waals surface area contributed by atoms with Gasteiger partial charge in [-0.2, -0.15) is 0 Å². The van der Waals surface area contributed by atoms with Gasteiger partial charge in [0, 0.05) is 32.9 Å². The molecule has 2 nitrogen and oxygen atoms in total. The van der Waals surface area contributed by atoms with Gasteiger partial charge in [-0.1, -0.05) is 147 Å². The van der Waals surface area contributed by atoms with Crippen LogP contribution in [-0.2, 0) is 10.8 Å². The zero-order chi connectivity index (χ0) is 31.8. The first-order valence-corrected chi connectivity index (χ1v) is 16.9. The number of para-hydroxylation sites is 5. The lowest BCUT2D eigenvalue weighted by Gasteiger charge is -2.45. The van der Waals surface area contributed by atoms with Gasteiger partial charge in [0.05, 0.1) is 22.1 Å². The minimum atomic E-state index is -0.588. The second-order valence-electron chi connectivity index (χ2n) is 14.0. The molecule has 0 N–H and O–H groups in total. The molecule has 226 valence electrons. The molecule has 1 spiro atoms. The van der Waals surface area contributed by atoms with Gasteiger partial charge in [-0.3, -0.25) is 0 Å². The van der Waals surface area contributed by atoms with Gasteiger partial charge in [0.15, 0.2) is 0 Å². The average Bonchev–Trinajstić information content (AvgIpc) is 3.60. The zero-order valence-electron chi connectivity index (χ0n) is 26.8. The molecule has 2 heteroatoms. The lowest BCUT2D eigenvalue weighted by atomic mass is 9.61. The van der Waals surface area contributed by atoms with E-state index in [1.54, 1.807) is 0 Å². The fourth-order valence-electron chi connectivity index (χ4n) is 9.54. The van der Waals surface area contributed by atoms with Gasteiger partial charge >= 0.3 is 0 Å². The number of rotatable bonds is 1. The minimum Gasteiger partial charge on any atom is -0.456 e. The van der Waals surface area contributed by atoms with Crippen molar-refractivity contribution in [3.05, 3.63) is 185 Å². The van der Waals surface area contributed by atoms with E-state index >= 15 is 0 Å². The van der Waals surface area contributed by atoms with Gasteiger partial charge in [0.1, 0.15) is 11.5 Å². The van der Waals surface area contributed by atoms with Crippen LogP contribution in [0.15, 0.2) is 152 Å². The lowest BCUT2D eigenvalue weighted by molar-refractivity contribution is 0.435. The third-order valence-corrected chi connectivity index (χ3v) is 11.5. The Labute approximate surface area is 279 Å². The minimum absolute atomic E-state index is 0.0865. The predicted octanol–water partition coefficient (Wildman–Crippen LogP) is 11.6. The maximum Gasteiger partial charge on any atom is 0.140 e. The van der Waals surface area contributed by atoms with Gasteiger partial charge in [-0.15, -0.1) is 0 Å². The number of aromatic nitrogens is 1. The number of fused-ring (bicyclic) bond motifs is 14. The molecular formula is C46H31NO. The molecule has 1 atom stereocenters. The Morgan fingerprint density at radius 3 is 1.96 bits per heavy atom. The normalized spacial score (nSPS) is 17.4. The molecule has 1 aromatic heterocycles. The number of ether oxygens (including phenoxy) is 1. The summed E-state index contributed by atoms with van der Waals surface area (Å²) >= 11 is 0. The summed E-state index contributed by atoms with van der Waals surface area (Å²) in [5.74, 6) is 1.84. The van der Waals surface area contributed by atoms with Crippen molar-refractivity contribution < 1.29 is 4.74 Å². The first-order chi connectivity index (χ1) is 23.6. The van der Waals surface area contributed by atoms with Crippen LogP contribution in [0.2, 0.25) is 0 Å². The molecule has 1 unspecified atom stereocenters. The van der Waals surface area contributed by atoms with E-state index < -0.39 is 5.41 Å². The maximum atomic E-state index is 7.14. The molecule has 3 aliphatic rings. The van der Waals surface area contributed by atoms with Crippen LogP contribution in [0.4, 0.5) is 0 Å². The summed E-state index contributed by atoms with van der Waals surface area (Å²) in [6.45, 7) is 4.70. The summed E-state index contributed by atoms with van der Waals surface area (Å²) < 4.78 is 9.63. The fourth-order valence-corrected chi connectivity index (χ4v) is 9.54. The van der Waals surface area contributed by atoms with Gasteiger partial charge in [0.25, 0.3) is 0 Å². The van der Waals surface area contributed by atoms with E-state index in [9.17, 15) is 0 Å². The predicted molar refractivity (Wildman–Crippen MR) is 196 cm³/mol. The van der Waals surface area contributed by atoms with Crippen molar-refractivity contribution in [3.8, 4) is 39.4 Å². The molecule has 8 aromatic rings. The third kappa shape index (κ3) is 2.96. The quantitative estimate of drug-likeness (QED) is 0.180. The number of benzene rings is 7. The van der Waals surface area contributed by atoms with Gasteiger partial charge in [-0.25, -0.2) is 0 Å². The summed E-state index contributed by atoms with van der Waals surface area (Å²) in [6, 6.07) is 56.0. The molecule has 1 aliphatic carbocycles. The van der Waals surface area contributed by atoms with Crippen LogP contribution in [-0.4, -0.2) is 4.57 Å². The summed E-state index contributed by atoms with van der Waals surface area (Å²) in [5, 5.41) is 2.55. The van der Waals surface area contributed by atoms with E-state index in [2.05, 4.69) is 170 Å². The Morgan fingerprint density at radius 1 is 0.458 bits per heavy atom. The van der Waals surface area contributed by atoms with E-state index in [1.165, 1.54) is 77.6 Å². The summed E-state index contributed by atoms with van der Waals surface area (Å²) in [7, 11) is 0. The van der Waals surface area contributed by atoms with Gasteiger partial charge in [-0.05, 0) is 57.1 Å². The van der Waals surface area contributed by atoms with Crippen LogP contribution < -0.4 is 4.74 Å². The second-order valence-corrected chi connectivity index (χ2v) is 14.0. The van der Waals surface area contributed by atoms with Gasteiger partial charge in [0.2, 0.25) is 0 Å². The third-order valence-electron chi connectivity index (χ3n) is 11.5. The Morgan fingerprint density at radius 2 is 1.06 bits per heavy atom. The highest BCUT2D eigenvalue weighted by atomic mass is 16.5. The van der Waals surface area contributed by atoms with Crippen molar-refractivity contribution in [1.29, 1.82) is 0 Å². The molecular weight excluding hydrogens is 583 g/mol. The molecule has 7 aromatic carbocycles. The molecule has 0 saturated heterocycles. The zero-order valence-corrected chi connectivity index (χ0v) is 26.8. The van der Waals surface area contributed by atoms with E-state index in [1.807, 2.05) is 0 Å². The number of nitrogens with zero attached hydrogens (tertiary/aromatic N) is 1. The Kier molecular flexibility index (Phi) is 4.88. The largest absolute Gasteiger partial charge is 0.456 e. The molecule has 48 heavy (non-hydrogen) atoms. The Balaban J connectivity index is 1.30. The SMILES string of the molecule is CC1(C)c2ccccc2-c2c(-c3cccc4c3Oc3ccccc3C43c4ccccc4-n4c5ccccc5c5cccc3c54)cccc21. The van der Waals surface area contributed by atoms with Crippen LogP contribution >= 0.6 is 0 Å². The van der Waals surface area contributed by atoms with Crippen molar-refractivity contribution in [2.45, 2.75) is 24.7 Å². The highest BCUT2D eigenvalue weighted by Gasteiger charge is 2.51. The molecule has 11 rings (SSSR count). The number of hydrogen-bond donors (Lipinski definition) is 0. The highest BCUT2D eigenvalue weighted by molar-refractivity contribution is 6.12. The van der Waals surface area contributed by atoms with Crippen molar-refractivity contribution in [2.75, 3.05) is 0 Å². The smallest absolute Gasteiger partial charge is 0.140 e. The molecule has 0 bridgehead atoms. The van der Waals surface area contributed by atoms with Crippen LogP contribution in [0.1, 0.15) is 47.2 Å². The summed E-state index contributed by atoms with van der Waals surface area (Å²) in [4.78, 5) is 0. The average molecular weight is 614 g/mol. The monoisotopic (exact) mass is 613 g/mol. The summed E-state index contributed by atoms with van der Waals surface area (Å²) in [6.07, 6.45) is 0. The molecule has 0 amide bonds. The van der Waals surface area contributed by atoms with Crippen molar-refractivity contribution in [2.24, 2.45) is 0 Å². The van der Waals surface area contributed by atoms with E-state index in [4.69, 9.17) is 4.74 Å². The van der Waals surface area contributed by atoms with Crippen LogP contribution in [0.25, 0.3) is 49.7 Å². The molecule has 0 radical (unpaired) electrons. The van der Waals surface area contributed by atoms with Crippen LogP contribution in [0.5, 0.6) is 11.5 Å². The first kappa shape index (κ1) is 26.2. The molecule has 3 heterocycles. The highest BCUT2D eigenvalue weighted by Crippen LogP contribution is 2.62. The molecule has 0 saturated carbocycles. The summed E-state index contributed by atoms with van der Waals surface area (Å²) in [5.41, 5.74) is 15.7. The van der Waals surface area contributed by atoms with Crippen molar-refractivity contribution in [3.63, 3.8) is 0 Å². The fraction of sp³-hybridized carbons (Fsp3) is 0.0870. The van der Waals surface area contributed by atoms with Crippen molar-refractivity contribution in [1.82, 2.24) is 4.57 Å². The molecule has 0 fully saturated rings. The van der Waals surface area contributed by atoms with Gasteiger partial charge < -0.3 is 9.30 Å². The van der Waals surface area contributed by atoms with Crippen LogP contribution in [0.3, 0.4) is 0 Å². The van der Waals surface area contributed by atoms with Crippen molar-refractivity contribution >= 4 is 21.8 Å². The van der Waals surface area contributed by atoms with E-state index in [0.29, 0.717) is 0 Å². The first-order valence-electron chi connectivity index (χ1n) is 16.9. The number of hydrogen-bond acceptors (Lipinski definition) is 1. The van der Waals surface area contributed by atoms with E-state index in [0.717, 1.165) is 17.1 Å². The lowest BCUT2D eigenvalue weighted by Crippen LogP contribution is -2.37. The maximum absolute atomic E-state index is 7.14. The van der Waals surface area contributed by atoms with E-state index in [-0.39, 0.29) is 5.41 Å².